The Morgan fingerprint density at radius 2 is 2.25 bits per heavy atom. The van der Waals surface area contributed by atoms with Crippen LogP contribution >= 0.6 is 11.3 Å². The lowest BCUT2D eigenvalue weighted by Crippen LogP contribution is -2.23. The van der Waals surface area contributed by atoms with Crippen molar-refractivity contribution < 1.29 is 19.4 Å². The Morgan fingerprint density at radius 3 is 2.81 bits per heavy atom. The number of carbonyl (C=O) groups is 2. The lowest BCUT2D eigenvalue weighted by molar-refractivity contribution is -0.142. The van der Waals surface area contributed by atoms with Crippen LogP contribution in [0.15, 0.2) is 12.1 Å². The Bertz CT molecular complexity index is 375. The Labute approximate surface area is 97.0 Å². The van der Waals surface area contributed by atoms with Crippen molar-refractivity contribution in [3.63, 3.8) is 0 Å². The summed E-state index contributed by atoms with van der Waals surface area (Å²) in [4.78, 5) is 22.7. The van der Waals surface area contributed by atoms with Crippen molar-refractivity contribution in [1.29, 1.82) is 0 Å². The summed E-state index contributed by atoms with van der Waals surface area (Å²) in [6.07, 6.45) is 0. The number of hydrogen-bond donors (Lipinski definition) is 2. The topological polar surface area (TPSA) is 75.6 Å². The molecule has 0 fully saturated rings. The van der Waals surface area contributed by atoms with Crippen LogP contribution in [0.25, 0.3) is 0 Å². The second kappa shape index (κ2) is 6.24. The minimum absolute atomic E-state index is 0.133. The molecule has 5 nitrogen and oxygen atoms in total. The van der Waals surface area contributed by atoms with E-state index in [1.165, 1.54) is 11.3 Å². The van der Waals surface area contributed by atoms with Gasteiger partial charge in [-0.25, -0.2) is 4.79 Å². The number of carbonyl (C=O) groups excluding carboxylic acids is 1. The summed E-state index contributed by atoms with van der Waals surface area (Å²) in [7, 11) is 0. The average molecular weight is 243 g/mol. The highest BCUT2D eigenvalue weighted by molar-refractivity contribution is 7.13. The third-order valence-corrected chi connectivity index (χ3v) is 2.82. The van der Waals surface area contributed by atoms with Gasteiger partial charge in [0.25, 0.3) is 0 Å². The van der Waals surface area contributed by atoms with Crippen LogP contribution in [0, 0.1) is 0 Å². The van der Waals surface area contributed by atoms with Gasteiger partial charge in [0.2, 0.25) is 0 Å². The van der Waals surface area contributed by atoms with Crippen LogP contribution in [0.2, 0.25) is 0 Å². The van der Waals surface area contributed by atoms with E-state index in [1.54, 1.807) is 19.1 Å². The van der Waals surface area contributed by atoms with Crippen LogP contribution in [0.3, 0.4) is 0 Å². The first-order chi connectivity index (χ1) is 7.63. The van der Waals surface area contributed by atoms with Gasteiger partial charge in [-0.15, -0.1) is 11.3 Å². The first-order valence-corrected chi connectivity index (χ1v) is 5.63. The lowest BCUT2D eigenvalue weighted by atomic mass is 10.4. The molecule has 0 unspecified atom stereocenters. The molecule has 0 saturated carbocycles. The van der Waals surface area contributed by atoms with E-state index in [4.69, 9.17) is 9.84 Å². The highest BCUT2D eigenvalue weighted by Gasteiger charge is 2.07. The van der Waals surface area contributed by atoms with Crippen LogP contribution in [0.4, 0.5) is 0 Å². The quantitative estimate of drug-likeness (QED) is 0.732. The molecule has 0 atom stereocenters. The van der Waals surface area contributed by atoms with Crippen LogP contribution < -0.4 is 5.32 Å². The minimum Gasteiger partial charge on any atom is -0.477 e. The van der Waals surface area contributed by atoms with E-state index in [1.807, 2.05) is 0 Å². The Kier molecular flexibility index (Phi) is 4.94. The molecule has 0 spiro atoms. The zero-order valence-electron chi connectivity index (χ0n) is 8.86. The maximum Gasteiger partial charge on any atom is 0.345 e. The van der Waals surface area contributed by atoms with Crippen LogP contribution in [0.5, 0.6) is 0 Å². The largest absolute Gasteiger partial charge is 0.477 e. The number of rotatable bonds is 6. The molecule has 88 valence electrons. The lowest BCUT2D eigenvalue weighted by Gasteiger charge is -2.02. The minimum atomic E-state index is -0.929. The summed E-state index contributed by atoms with van der Waals surface area (Å²) in [5.74, 6) is -1.24. The van der Waals surface area contributed by atoms with E-state index in [9.17, 15) is 9.59 Å². The molecule has 6 heteroatoms. The van der Waals surface area contributed by atoms with E-state index in [2.05, 4.69) is 5.32 Å². The third kappa shape index (κ3) is 4.00. The Morgan fingerprint density at radius 1 is 1.50 bits per heavy atom. The average Bonchev–Trinajstić information content (AvgIpc) is 2.67. The van der Waals surface area contributed by atoms with Crippen molar-refractivity contribution in [2.24, 2.45) is 0 Å². The van der Waals surface area contributed by atoms with Crippen molar-refractivity contribution >= 4 is 23.3 Å². The molecule has 0 aromatic carbocycles. The van der Waals surface area contributed by atoms with Gasteiger partial charge in [-0.3, -0.25) is 4.79 Å². The fourth-order valence-electron chi connectivity index (χ4n) is 1.09. The number of thiophene rings is 1. The fraction of sp³-hybridized carbons (Fsp3) is 0.400. The van der Waals surface area contributed by atoms with E-state index in [0.29, 0.717) is 18.0 Å². The Hall–Kier alpha value is -1.40. The second-order valence-corrected chi connectivity index (χ2v) is 4.15. The molecular formula is C10H13NO4S. The molecule has 1 aromatic rings. The highest BCUT2D eigenvalue weighted by atomic mass is 32.1. The van der Waals surface area contributed by atoms with Gasteiger partial charge in [0.05, 0.1) is 13.2 Å². The van der Waals surface area contributed by atoms with E-state index in [-0.39, 0.29) is 12.5 Å². The molecule has 1 rings (SSSR count). The molecule has 2 N–H and O–H groups in total. The molecular weight excluding hydrogens is 230 g/mol. The molecule has 0 saturated heterocycles. The predicted octanol–water partition coefficient (Wildman–Crippen LogP) is 1.10. The number of ether oxygens (including phenoxy) is 1. The number of aromatic carboxylic acids is 1. The molecule has 1 aromatic heterocycles. The van der Waals surface area contributed by atoms with Crippen LogP contribution in [-0.4, -0.2) is 30.2 Å². The van der Waals surface area contributed by atoms with Crippen LogP contribution in [0.1, 0.15) is 21.5 Å². The van der Waals surface area contributed by atoms with Crippen molar-refractivity contribution in [3.05, 3.63) is 21.9 Å². The van der Waals surface area contributed by atoms with Crippen molar-refractivity contribution in [2.45, 2.75) is 13.5 Å². The molecule has 0 aliphatic rings. The number of carboxylic acid groups (broad SMARTS) is 1. The van der Waals surface area contributed by atoms with E-state index >= 15 is 0 Å². The molecule has 16 heavy (non-hydrogen) atoms. The van der Waals surface area contributed by atoms with Gasteiger partial charge >= 0.3 is 11.9 Å². The first kappa shape index (κ1) is 12.7. The second-order valence-electron chi connectivity index (χ2n) is 2.98. The van der Waals surface area contributed by atoms with Gasteiger partial charge in [0.1, 0.15) is 4.88 Å². The summed E-state index contributed by atoms with van der Waals surface area (Å²) in [5, 5.41) is 11.6. The van der Waals surface area contributed by atoms with E-state index < -0.39 is 5.97 Å². The number of carboxylic acids is 1. The molecule has 0 amide bonds. The van der Waals surface area contributed by atoms with Gasteiger partial charge in [0.15, 0.2) is 0 Å². The molecule has 0 bridgehead atoms. The van der Waals surface area contributed by atoms with Gasteiger partial charge < -0.3 is 15.2 Å². The predicted molar refractivity (Wildman–Crippen MR) is 59.6 cm³/mol. The summed E-state index contributed by atoms with van der Waals surface area (Å²) < 4.78 is 4.73. The molecule has 0 radical (unpaired) electrons. The smallest absolute Gasteiger partial charge is 0.345 e. The zero-order valence-corrected chi connectivity index (χ0v) is 9.67. The SMILES string of the molecule is CCOC(=O)CNCc1ccc(C(=O)O)s1. The fourth-order valence-corrected chi connectivity index (χ4v) is 1.90. The normalized spacial score (nSPS) is 10.1. The highest BCUT2D eigenvalue weighted by Crippen LogP contribution is 2.15. The summed E-state index contributed by atoms with van der Waals surface area (Å²) >= 11 is 1.19. The maximum atomic E-state index is 11.0. The molecule has 0 aliphatic carbocycles. The van der Waals surface area contributed by atoms with Gasteiger partial charge in [-0.05, 0) is 19.1 Å². The van der Waals surface area contributed by atoms with Crippen molar-refractivity contribution in [1.82, 2.24) is 5.32 Å². The molecule has 1 heterocycles. The van der Waals surface area contributed by atoms with Gasteiger partial charge in [-0.1, -0.05) is 0 Å². The zero-order chi connectivity index (χ0) is 12.0. The van der Waals surface area contributed by atoms with Crippen molar-refractivity contribution in [2.75, 3.05) is 13.2 Å². The summed E-state index contributed by atoms with van der Waals surface area (Å²) in [6.45, 7) is 2.71. The summed E-state index contributed by atoms with van der Waals surface area (Å²) in [6, 6.07) is 3.28. The van der Waals surface area contributed by atoms with Crippen LogP contribution in [-0.2, 0) is 16.1 Å². The number of hydrogen-bond acceptors (Lipinski definition) is 5. The van der Waals surface area contributed by atoms with Gasteiger partial charge in [-0.2, -0.15) is 0 Å². The number of esters is 1. The number of nitrogens with one attached hydrogen (secondary N) is 1. The monoisotopic (exact) mass is 243 g/mol. The van der Waals surface area contributed by atoms with Crippen molar-refractivity contribution in [3.8, 4) is 0 Å². The van der Waals surface area contributed by atoms with Gasteiger partial charge in [0, 0.05) is 11.4 Å². The standard InChI is InChI=1S/C10H13NO4S/c1-2-15-9(12)6-11-5-7-3-4-8(16-7)10(13)14/h3-4,11H,2,5-6H2,1H3,(H,13,14). The third-order valence-electron chi connectivity index (χ3n) is 1.75. The van der Waals surface area contributed by atoms with E-state index in [0.717, 1.165) is 4.88 Å². The summed E-state index contributed by atoms with van der Waals surface area (Å²) in [5.41, 5.74) is 0. The maximum absolute atomic E-state index is 11.0. The Balaban J connectivity index is 2.32. The molecule has 0 aliphatic heterocycles. The first-order valence-electron chi connectivity index (χ1n) is 4.81.